The molecule has 0 bridgehead atoms. The number of alkyl halides is 2. The van der Waals surface area contributed by atoms with Gasteiger partial charge < -0.3 is 0 Å². The zero-order valence-corrected chi connectivity index (χ0v) is 9.80. The number of nitrogens with zero attached hydrogens (tertiary/aromatic N) is 1. The standard InChI is InChI=1S/C7H5BrCl3N/c8-2-4-1-5(3-9)7(11)12-6(4)10/h1H,2-3H2. The van der Waals surface area contributed by atoms with Gasteiger partial charge in [-0.1, -0.05) is 39.1 Å². The van der Waals surface area contributed by atoms with E-state index in [9.17, 15) is 0 Å². The summed E-state index contributed by atoms with van der Waals surface area (Å²) in [6.07, 6.45) is 0. The Labute approximate surface area is 94.2 Å². The summed E-state index contributed by atoms with van der Waals surface area (Å²) >= 11 is 20.5. The van der Waals surface area contributed by atoms with Crippen molar-refractivity contribution in [3.63, 3.8) is 0 Å². The topological polar surface area (TPSA) is 12.9 Å². The van der Waals surface area contributed by atoms with E-state index in [-0.39, 0.29) is 0 Å². The van der Waals surface area contributed by atoms with Crippen LogP contribution in [0.5, 0.6) is 0 Å². The van der Waals surface area contributed by atoms with Crippen LogP contribution in [0, 0.1) is 0 Å². The Morgan fingerprint density at radius 3 is 2.33 bits per heavy atom. The molecule has 0 aliphatic heterocycles. The smallest absolute Gasteiger partial charge is 0.135 e. The van der Waals surface area contributed by atoms with Gasteiger partial charge in [-0.2, -0.15) is 0 Å². The Balaban J connectivity index is 3.18. The van der Waals surface area contributed by atoms with E-state index in [4.69, 9.17) is 34.8 Å². The molecule has 1 aromatic rings. The first-order valence-electron chi connectivity index (χ1n) is 3.14. The molecular formula is C7H5BrCl3N. The van der Waals surface area contributed by atoms with Gasteiger partial charge in [-0.3, -0.25) is 0 Å². The summed E-state index contributed by atoms with van der Waals surface area (Å²) in [6, 6.07) is 1.85. The fourth-order valence-electron chi connectivity index (χ4n) is 0.747. The summed E-state index contributed by atoms with van der Waals surface area (Å²) in [5.41, 5.74) is 1.70. The highest BCUT2D eigenvalue weighted by atomic mass is 79.9. The molecule has 0 aliphatic carbocycles. The van der Waals surface area contributed by atoms with Gasteiger partial charge in [0.05, 0.1) is 5.88 Å². The molecule has 0 radical (unpaired) electrons. The van der Waals surface area contributed by atoms with E-state index in [0.29, 0.717) is 21.5 Å². The van der Waals surface area contributed by atoms with Crippen molar-refractivity contribution in [1.29, 1.82) is 0 Å². The third-order valence-corrected chi connectivity index (χ3v) is 2.91. The second-order valence-electron chi connectivity index (χ2n) is 2.16. The molecule has 0 N–H and O–H groups in total. The summed E-state index contributed by atoms with van der Waals surface area (Å²) in [5.74, 6) is 0.350. The molecule has 0 fully saturated rings. The number of halogens is 4. The predicted octanol–water partition coefficient (Wildman–Crippen LogP) is 4.02. The second-order valence-corrected chi connectivity index (χ2v) is 3.70. The highest BCUT2D eigenvalue weighted by molar-refractivity contribution is 9.08. The predicted molar refractivity (Wildman–Crippen MR) is 56.4 cm³/mol. The van der Waals surface area contributed by atoms with Gasteiger partial charge in [-0.15, -0.1) is 11.6 Å². The maximum atomic E-state index is 5.79. The number of pyridine rings is 1. The lowest BCUT2D eigenvalue weighted by molar-refractivity contribution is 1.20. The minimum absolute atomic E-state index is 0.350. The molecule has 1 nitrogen and oxygen atoms in total. The van der Waals surface area contributed by atoms with E-state index in [2.05, 4.69) is 20.9 Å². The highest BCUT2D eigenvalue weighted by Gasteiger charge is 2.06. The monoisotopic (exact) mass is 287 g/mol. The molecular weight excluding hydrogens is 284 g/mol. The van der Waals surface area contributed by atoms with Crippen molar-refractivity contribution < 1.29 is 0 Å². The third-order valence-electron chi connectivity index (χ3n) is 1.36. The van der Waals surface area contributed by atoms with E-state index in [1.165, 1.54) is 0 Å². The van der Waals surface area contributed by atoms with Crippen molar-refractivity contribution >= 4 is 50.7 Å². The molecule has 12 heavy (non-hydrogen) atoms. The maximum absolute atomic E-state index is 5.79. The zero-order chi connectivity index (χ0) is 9.14. The molecule has 0 aliphatic rings. The van der Waals surface area contributed by atoms with Crippen LogP contribution in [0.25, 0.3) is 0 Å². The lowest BCUT2D eigenvalue weighted by atomic mass is 10.2. The van der Waals surface area contributed by atoms with Crippen molar-refractivity contribution in [2.45, 2.75) is 11.2 Å². The number of aromatic nitrogens is 1. The van der Waals surface area contributed by atoms with Crippen LogP contribution in [0.3, 0.4) is 0 Å². The Morgan fingerprint density at radius 1 is 1.25 bits per heavy atom. The van der Waals surface area contributed by atoms with Crippen LogP contribution in [-0.2, 0) is 11.2 Å². The van der Waals surface area contributed by atoms with Crippen molar-refractivity contribution in [2.24, 2.45) is 0 Å². The van der Waals surface area contributed by atoms with Crippen molar-refractivity contribution in [3.8, 4) is 0 Å². The molecule has 1 heterocycles. The maximum Gasteiger partial charge on any atom is 0.135 e. The van der Waals surface area contributed by atoms with Gasteiger partial charge in [-0.25, -0.2) is 4.98 Å². The van der Waals surface area contributed by atoms with E-state index in [1.54, 1.807) is 0 Å². The first-order chi connectivity index (χ1) is 5.69. The van der Waals surface area contributed by atoms with Gasteiger partial charge in [0.2, 0.25) is 0 Å². The van der Waals surface area contributed by atoms with Crippen molar-refractivity contribution in [1.82, 2.24) is 4.98 Å². The summed E-state index contributed by atoms with van der Waals surface area (Å²) in [7, 11) is 0. The van der Waals surface area contributed by atoms with E-state index in [1.807, 2.05) is 6.07 Å². The fraction of sp³-hybridized carbons (Fsp3) is 0.286. The molecule has 0 saturated carbocycles. The van der Waals surface area contributed by atoms with E-state index < -0.39 is 0 Å². The summed E-state index contributed by atoms with van der Waals surface area (Å²) in [6.45, 7) is 0. The van der Waals surface area contributed by atoms with Crippen LogP contribution >= 0.6 is 50.7 Å². The number of rotatable bonds is 2. The van der Waals surface area contributed by atoms with Gasteiger partial charge in [0.1, 0.15) is 10.3 Å². The second kappa shape index (κ2) is 4.66. The van der Waals surface area contributed by atoms with E-state index >= 15 is 0 Å². The molecule has 5 heteroatoms. The van der Waals surface area contributed by atoms with Gasteiger partial charge >= 0.3 is 0 Å². The quantitative estimate of drug-likeness (QED) is 0.592. The lowest BCUT2D eigenvalue weighted by Gasteiger charge is -2.03. The molecule has 0 saturated heterocycles. The third kappa shape index (κ3) is 2.25. The summed E-state index contributed by atoms with van der Waals surface area (Å²) in [4.78, 5) is 3.93. The Morgan fingerprint density at radius 2 is 1.83 bits per heavy atom. The molecule has 0 spiro atoms. The highest BCUT2D eigenvalue weighted by Crippen LogP contribution is 2.24. The molecule has 1 rings (SSSR count). The van der Waals surface area contributed by atoms with Crippen LogP contribution in [0.4, 0.5) is 0 Å². The molecule has 0 atom stereocenters. The normalized spacial score (nSPS) is 10.3. The molecule has 0 amide bonds. The zero-order valence-electron chi connectivity index (χ0n) is 5.95. The van der Waals surface area contributed by atoms with Crippen LogP contribution in [-0.4, -0.2) is 4.98 Å². The average molecular weight is 289 g/mol. The fourth-order valence-corrected chi connectivity index (χ4v) is 2.06. The van der Waals surface area contributed by atoms with Crippen molar-refractivity contribution in [3.05, 3.63) is 27.5 Å². The Kier molecular flexibility index (Phi) is 4.11. The van der Waals surface area contributed by atoms with Gasteiger partial charge in [-0.05, 0) is 6.07 Å². The minimum atomic E-state index is 0.350. The van der Waals surface area contributed by atoms with Gasteiger partial charge in [0.15, 0.2) is 0 Å². The summed E-state index contributed by atoms with van der Waals surface area (Å²) in [5, 5.41) is 1.45. The van der Waals surface area contributed by atoms with Gasteiger partial charge in [0, 0.05) is 16.5 Å². The molecule has 1 aromatic heterocycles. The van der Waals surface area contributed by atoms with Gasteiger partial charge in [0.25, 0.3) is 0 Å². The Bertz CT molecular complexity index is 265. The number of hydrogen-bond acceptors (Lipinski definition) is 1. The molecule has 0 aromatic carbocycles. The average Bonchev–Trinajstić information content (AvgIpc) is 2.05. The molecule has 66 valence electrons. The number of hydrogen-bond donors (Lipinski definition) is 0. The van der Waals surface area contributed by atoms with E-state index in [0.717, 1.165) is 11.1 Å². The lowest BCUT2D eigenvalue weighted by Crippen LogP contribution is -1.91. The summed E-state index contributed by atoms with van der Waals surface area (Å²) < 4.78 is 0. The van der Waals surface area contributed by atoms with Crippen LogP contribution < -0.4 is 0 Å². The SMILES string of the molecule is ClCc1cc(CBr)c(Cl)nc1Cl. The van der Waals surface area contributed by atoms with Crippen LogP contribution in [0.1, 0.15) is 11.1 Å². The first-order valence-corrected chi connectivity index (χ1v) is 5.56. The Hall–Kier alpha value is 0.500. The largest absolute Gasteiger partial charge is 0.224 e. The minimum Gasteiger partial charge on any atom is -0.224 e. The van der Waals surface area contributed by atoms with Crippen LogP contribution in [0.15, 0.2) is 6.07 Å². The van der Waals surface area contributed by atoms with Crippen LogP contribution in [0.2, 0.25) is 10.3 Å². The first kappa shape index (κ1) is 10.6. The van der Waals surface area contributed by atoms with Crippen molar-refractivity contribution in [2.75, 3.05) is 0 Å². The molecule has 0 unspecified atom stereocenters.